The lowest BCUT2D eigenvalue weighted by Crippen LogP contribution is -2.57. The maximum atomic E-state index is 11.2. The molecule has 1 aliphatic heterocycles. The third kappa shape index (κ3) is 2.73. The molecule has 1 N–H and O–H groups in total. The second-order valence-electron chi connectivity index (χ2n) is 6.48. The number of carboxylic acid groups (broad SMARTS) is 1. The number of hydrogen-bond donors (Lipinski definition) is 1. The molecule has 2 aliphatic rings. The van der Waals surface area contributed by atoms with Crippen LogP contribution in [-0.2, 0) is 6.42 Å². The summed E-state index contributed by atoms with van der Waals surface area (Å²) in [7, 11) is 0. The Labute approximate surface area is 120 Å². The van der Waals surface area contributed by atoms with Crippen molar-refractivity contribution in [3.63, 3.8) is 0 Å². The lowest BCUT2D eigenvalue weighted by molar-refractivity contribution is -0.0268. The van der Waals surface area contributed by atoms with Crippen LogP contribution in [0.5, 0.6) is 0 Å². The molecule has 20 heavy (non-hydrogen) atoms. The maximum Gasteiger partial charge on any atom is 0.335 e. The Kier molecular flexibility index (Phi) is 3.79. The first-order valence-corrected chi connectivity index (χ1v) is 7.72. The van der Waals surface area contributed by atoms with E-state index in [-0.39, 0.29) is 0 Å². The van der Waals surface area contributed by atoms with Crippen LogP contribution in [0.25, 0.3) is 0 Å². The molecule has 0 amide bonds. The molecule has 1 heterocycles. The molecular formula is C17H23NO2. The molecule has 0 aromatic heterocycles. The normalized spacial score (nSPS) is 21.6. The van der Waals surface area contributed by atoms with Crippen molar-refractivity contribution in [1.29, 1.82) is 0 Å². The third-order valence-electron chi connectivity index (χ3n) is 4.98. The number of carbonyl (C=O) groups is 1. The summed E-state index contributed by atoms with van der Waals surface area (Å²) in [5, 5.41) is 9.19. The third-order valence-corrected chi connectivity index (χ3v) is 4.98. The van der Waals surface area contributed by atoms with E-state index in [1.54, 1.807) is 12.1 Å². The summed E-state index contributed by atoms with van der Waals surface area (Å²) in [4.78, 5) is 13.7. The minimum Gasteiger partial charge on any atom is -0.478 e. The Balaban J connectivity index is 1.53. The van der Waals surface area contributed by atoms with Crippen LogP contribution in [-0.4, -0.2) is 35.6 Å². The summed E-state index contributed by atoms with van der Waals surface area (Å²) >= 11 is 0. The highest BCUT2D eigenvalue weighted by atomic mass is 16.4. The van der Waals surface area contributed by atoms with Crippen LogP contribution < -0.4 is 0 Å². The first-order valence-electron chi connectivity index (χ1n) is 7.72. The van der Waals surface area contributed by atoms with E-state index in [1.165, 1.54) is 45.2 Å². The van der Waals surface area contributed by atoms with Gasteiger partial charge in [-0.05, 0) is 36.3 Å². The number of hydrogen-bond acceptors (Lipinski definition) is 2. The first kappa shape index (κ1) is 13.6. The molecule has 1 aliphatic carbocycles. The molecule has 0 radical (unpaired) electrons. The van der Waals surface area contributed by atoms with E-state index < -0.39 is 5.97 Å². The highest BCUT2D eigenvalue weighted by Crippen LogP contribution is 2.43. The van der Waals surface area contributed by atoms with Crippen molar-refractivity contribution in [2.75, 3.05) is 19.6 Å². The first-order chi connectivity index (χ1) is 9.69. The van der Waals surface area contributed by atoms with Crippen LogP contribution in [0.15, 0.2) is 24.3 Å². The standard InChI is InChI=1S/C17H23NO2/c19-16(20)15-7-3-2-6-14(15)8-11-18-12-17(13-18)9-4-1-5-10-17/h2-3,6-7H,1,4-5,8-13H2,(H,19,20). The Morgan fingerprint density at radius 1 is 1.15 bits per heavy atom. The van der Waals surface area contributed by atoms with Gasteiger partial charge in [0.05, 0.1) is 5.56 Å². The molecule has 1 saturated heterocycles. The molecule has 1 aromatic rings. The summed E-state index contributed by atoms with van der Waals surface area (Å²) in [6, 6.07) is 7.38. The Bertz CT molecular complexity index is 484. The van der Waals surface area contributed by atoms with E-state index in [1.807, 2.05) is 12.1 Å². The largest absolute Gasteiger partial charge is 0.478 e. The van der Waals surface area contributed by atoms with E-state index in [2.05, 4.69) is 4.90 Å². The van der Waals surface area contributed by atoms with Crippen LogP contribution in [0.3, 0.4) is 0 Å². The molecule has 3 nitrogen and oxygen atoms in total. The minimum atomic E-state index is -0.812. The predicted molar refractivity (Wildman–Crippen MR) is 79.1 cm³/mol. The van der Waals surface area contributed by atoms with Crippen molar-refractivity contribution in [1.82, 2.24) is 4.90 Å². The summed E-state index contributed by atoms with van der Waals surface area (Å²) in [5.41, 5.74) is 2.04. The van der Waals surface area contributed by atoms with E-state index in [0.29, 0.717) is 11.0 Å². The molecule has 0 atom stereocenters. The van der Waals surface area contributed by atoms with Crippen molar-refractivity contribution in [2.24, 2.45) is 5.41 Å². The molecule has 2 fully saturated rings. The summed E-state index contributed by atoms with van der Waals surface area (Å²) in [5.74, 6) is -0.812. The van der Waals surface area contributed by atoms with Gasteiger partial charge in [-0.3, -0.25) is 0 Å². The van der Waals surface area contributed by atoms with Gasteiger partial charge in [0.25, 0.3) is 0 Å². The highest BCUT2D eigenvalue weighted by molar-refractivity contribution is 5.89. The lowest BCUT2D eigenvalue weighted by atomic mass is 9.68. The lowest BCUT2D eigenvalue weighted by Gasteiger charge is -2.52. The fraction of sp³-hybridized carbons (Fsp3) is 0.588. The molecule has 3 rings (SSSR count). The van der Waals surface area contributed by atoms with Crippen molar-refractivity contribution >= 4 is 5.97 Å². The van der Waals surface area contributed by atoms with Gasteiger partial charge in [0, 0.05) is 19.6 Å². The average Bonchev–Trinajstić information content (AvgIpc) is 2.44. The number of rotatable bonds is 4. The topological polar surface area (TPSA) is 40.5 Å². The fourth-order valence-corrected chi connectivity index (χ4v) is 3.90. The van der Waals surface area contributed by atoms with Gasteiger partial charge in [0.2, 0.25) is 0 Å². The van der Waals surface area contributed by atoms with Gasteiger partial charge in [-0.15, -0.1) is 0 Å². The van der Waals surface area contributed by atoms with Crippen molar-refractivity contribution in [3.8, 4) is 0 Å². The van der Waals surface area contributed by atoms with Gasteiger partial charge in [0.15, 0.2) is 0 Å². The van der Waals surface area contributed by atoms with Gasteiger partial charge in [0.1, 0.15) is 0 Å². The second kappa shape index (κ2) is 5.57. The number of nitrogens with zero attached hydrogens (tertiary/aromatic N) is 1. The molecule has 0 unspecified atom stereocenters. The Morgan fingerprint density at radius 3 is 2.55 bits per heavy atom. The SMILES string of the molecule is O=C(O)c1ccccc1CCN1CC2(CCCCC2)C1. The number of benzene rings is 1. The van der Waals surface area contributed by atoms with Crippen LogP contribution in [0, 0.1) is 5.41 Å². The van der Waals surface area contributed by atoms with Crippen molar-refractivity contribution in [3.05, 3.63) is 35.4 Å². The Hall–Kier alpha value is -1.35. The zero-order valence-corrected chi connectivity index (χ0v) is 12.0. The maximum absolute atomic E-state index is 11.2. The molecule has 3 heteroatoms. The van der Waals surface area contributed by atoms with Crippen LogP contribution in [0.2, 0.25) is 0 Å². The van der Waals surface area contributed by atoms with Crippen LogP contribution in [0.1, 0.15) is 48.0 Å². The number of carboxylic acids is 1. The molecule has 108 valence electrons. The fourth-order valence-electron chi connectivity index (χ4n) is 3.90. The van der Waals surface area contributed by atoms with Gasteiger partial charge in [-0.2, -0.15) is 0 Å². The van der Waals surface area contributed by atoms with Gasteiger partial charge in [-0.25, -0.2) is 4.79 Å². The number of likely N-dealkylation sites (tertiary alicyclic amines) is 1. The van der Waals surface area contributed by atoms with E-state index in [4.69, 9.17) is 0 Å². The van der Waals surface area contributed by atoms with Crippen LogP contribution in [0.4, 0.5) is 0 Å². The van der Waals surface area contributed by atoms with Crippen LogP contribution >= 0.6 is 0 Å². The van der Waals surface area contributed by atoms with Gasteiger partial charge < -0.3 is 10.0 Å². The molecule has 1 saturated carbocycles. The van der Waals surface area contributed by atoms with Crippen molar-refractivity contribution in [2.45, 2.75) is 38.5 Å². The summed E-state index contributed by atoms with van der Waals surface area (Å²) < 4.78 is 0. The molecule has 1 aromatic carbocycles. The van der Waals surface area contributed by atoms with E-state index in [0.717, 1.165) is 18.5 Å². The Morgan fingerprint density at radius 2 is 1.85 bits per heavy atom. The van der Waals surface area contributed by atoms with Gasteiger partial charge >= 0.3 is 5.97 Å². The molecule has 1 spiro atoms. The summed E-state index contributed by atoms with van der Waals surface area (Å²) in [6.07, 6.45) is 7.85. The summed E-state index contributed by atoms with van der Waals surface area (Å²) in [6.45, 7) is 3.44. The van der Waals surface area contributed by atoms with E-state index in [9.17, 15) is 9.90 Å². The second-order valence-corrected chi connectivity index (χ2v) is 6.48. The zero-order chi connectivity index (χ0) is 14.0. The smallest absolute Gasteiger partial charge is 0.335 e. The molecular weight excluding hydrogens is 250 g/mol. The quantitative estimate of drug-likeness (QED) is 0.916. The van der Waals surface area contributed by atoms with Crippen molar-refractivity contribution < 1.29 is 9.90 Å². The van der Waals surface area contributed by atoms with Gasteiger partial charge in [-0.1, -0.05) is 37.5 Å². The number of aromatic carboxylic acids is 1. The minimum absolute atomic E-state index is 0.459. The average molecular weight is 273 g/mol. The predicted octanol–water partition coefficient (Wildman–Crippen LogP) is 3.19. The highest BCUT2D eigenvalue weighted by Gasteiger charge is 2.42. The van der Waals surface area contributed by atoms with E-state index >= 15 is 0 Å². The monoisotopic (exact) mass is 273 g/mol. The zero-order valence-electron chi connectivity index (χ0n) is 12.0. The molecule has 0 bridgehead atoms.